The number of hydrogen-bond donors (Lipinski definition) is 0. The molecule has 1 aromatic rings. The molecule has 146 valence electrons. The Balaban J connectivity index is -0.0000000620. The fourth-order valence-electron chi connectivity index (χ4n) is 1.08. The maximum absolute atomic E-state index is 10.6. The molecule has 0 aromatic heterocycles. The van der Waals surface area contributed by atoms with Crippen molar-refractivity contribution in [1.29, 1.82) is 0 Å². The predicted octanol–water partition coefficient (Wildman–Crippen LogP) is 1.18. The van der Waals surface area contributed by atoms with Crippen LogP contribution in [0.1, 0.15) is 18.4 Å². The Hall–Kier alpha value is -1.76. The van der Waals surface area contributed by atoms with Gasteiger partial charge in [-0.05, 0) is 0 Å². The van der Waals surface area contributed by atoms with Crippen molar-refractivity contribution in [1.82, 2.24) is 0 Å². The monoisotopic (exact) mass is 413 g/mol. The van der Waals surface area contributed by atoms with Crippen LogP contribution >= 0.6 is 0 Å². The van der Waals surface area contributed by atoms with Gasteiger partial charge in [0.15, 0.2) is 0 Å². The third-order valence-electron chi connectivity index (χ3n) is 1.69. The summed E-state index contributed by atoms with van der Waals surface area (Å²) in [6.07, 6.45) is 2.58. The third-order valence-corrected chi connectivity index (χ3v) is 2.01. The van der Waals surface area contributed by atoms with Crippen LogP contribution in [0, 0.1) is 33.3 Å². The SMILES string of the molecule is C[N+](C)(C)C.[C-]#[O+].[C-]#[O+].[C-]#[O+].[C-]#[O+].[C-]#[O+].[O-][C](=[Cr])CCCc1ccccc1. The minimum atomic E-state index is 0.158. The first-order valence-electron chi connectivity index (χ1n) is 6.84. The van der Waals surface area contributed by atoms with Crippen molar-refractivity contribution in [2.24, 2.45) is 0 Å². The van der Waals surface area contributed by atoms with Gasteiger partial charge in [-0.2, -0.15) is 0 Å². The fourth-order valence-corrected chi connectivity index (χ4v) is 1.31. The van der Waals surface area contributed by atoms with Gasteiger partial charge in [0.05, 0.1) is 28.2 Å². The zero-order valence-corrected chi connectivity index (χ0v) is 17.1. The second-order valence-corrected chi connectivity index (χ2v) is 6.11. The van der Waals surface area contributed by atoms with E-state index in [1.165, 1.54) is 5.56 Å². The fraction of sp³-hybridized carbons (Fsp3) is 0.368. The van der Waals surface area contributed by atoms with Gasteiger partial charge >= 0.3 is 137 Å². The van der Waals surface area contributed by atoms with Crippen LogP contribution in [0.2, 0.25) is 0 Å². The average Bonchev–Trinajstić information content (AvgIpc) is 2.69. The van der Waals surface area contributed by atoms with Crippen molar-refractivity contribution in [3.05, 3.63) is 69.1 Å². The van der Waals surface area contributed by atoms with Gasteiger partial charge in [-0.15, -0.1) is 0 Å². The quantitative estimate of drug-likeness (QED) is 0.411. The number of hydrogen-bond acceptors (Lipinski definition) is 1. The summed E-state index contributed by atoms with van der Waals surface area (Å²) in [7, 11) is 8.50. The van der Waals surface area contributed by atoms with Crippen molar-refractivity contribution >= 4 is 4.57 Å². The Morgan fingerprint density at radius 2 is 1.11 bits per heavy atom. The molecule has 0 saturated heterocycles. The van der Waals surface area contributed by atoms with Crippen LogP contribution in [-0.2, 0) is 45.5 Å². The molecular formula is C19H23CrNO6. The average molecular weight is 413 g/mol. The van der Waals surface area contributed by atoms with E-state index >= 15 is 0 Å². The maximum atomic E-state index is 10.6. The predicted molar refractivity (Wildman–Crippen MR) is 88.0 cm³/mol. The van der Waals surface area contributed by atoms with Crippen LogP contribution < -0.4 is 5.11 Å². The number of rotatable bonds is 4. The molecule has 0 aliphatic carbocycles. The molecule has 0 heterocycles. The van der Waals surface area contributed by atoms with E-state index in [0.717, 1.165) is 17.3 Å². The molecule has 1 rings (SSSR count). The molecule has 0 unspecified atom stereocenters. The standard InChI is InChI=1S/C10H11O.C4H12N.5CO.Cr/c11-9-5-4-8-10-6-2-1-3-7-10;1-5(2,3)4;5*1-2;/h1-3,6-7H,4-5,8H2;1-4H3;;;;;;/q-1;+1;;;;;;. The van der Waals surface area contributed by atoms with E-state index in [4.69, 9.17) is 23.3 Å². The van der Waals surface area contributed by atoms with Gasteiger partial charge in [-0.3, -0.25) is 0 Å². The second kappa shape index (κ2) is 39.4. The van der Waals surface area contributed by atoms with Crippen molar-refractivity contribution < 1.29 is 48.7 Å². The number of aryl methyl sites for hydroxylation is 1. The van der Waals surface area contributed by atoms with E-state index in [9.17, 15) is 5.11 Å². The van der Waals surface area contributed by atoms with Crippen LogP contribution in [0.3, 0.4) is 0 Å². The molecule has 27 heavy (non-hydrogen) atoms. The zero-order chi connectivity index (χ0) is 23.3. The molecule has 0 radical (unpaired) electrons. The van der Waals surface area contributed by atoms with Gasteiger partial charge in [0.25, 0.3) is 0 Å². The summed E-state index contributed by atoms with van der Waals surface area (Å²) in [5, 5.41) is 10.6. The summed E-state index contributed by atoms with van der Waals surface area (Å²) < 4.78 is 38.7. The molecule has 0 aliphatic rings. The summed E-state index contributed by atoms with van der Waals surface area (Å²) in [4.78, 5) is 0. The molecule has 0 bridgehead atoms. The van der Waals surface area contributed by atoms with Crippen LogP contribution in [0.5, 0.6) is 0 Å². The molecule has 8 heteroatoms. The summed E-state index contributed by atoms with van der Waals surface area (Å²) in [6, 6.07) is 10.2. The second-order valence-electron chi connectivity index (χ2n) is 5.39. The number of benzene rings is 1. The Morgan fingerprint density at radius 1 is 0.815 bits per heavy atom. The third kappa shape index (κ3) is 80.0. The van der Waals surface area contributed by atoms with Crippen molar-refractivity contribution in [2.45, 2.75) is 19.3 Å². The molecule has 0 fully saturated rings. The minimum absolute atomic E-state index is 0.158. The first-order chi connectivity index (χ1) is 12.8. The van der Waals surface area contributed by atoms with E-state index < -0.39 is 0 Å². The molecule has 0 aliphatic heterocycles. The normalized spacial score (nSPS) is 6.93. The van der Waals surface area contributed by atoms with Crippen LogP contribution in [0.25, 0.3) is 0 Å². The Kier molecular flexibility index (Phi) is 58.4. The van der Waals surface area contributed by atoms with E-state index in [1.807, 2.05) is 18.2 Å². The van der Waals surface area contributed by atoms with Crippen LogP contribution in [-0.4, -0.2) is 37.2 Å². The molecule has 0 spiro atoms. The Bertz CT molecular complexity index is 472. The molecule has 0 atom stereocenters. The van der Waals surface area contributed by atoms with E-state index in [2.05, 4.69) is 89.4 Å². The molecule has 0 saturated carbocycles. The van der Waals surface area contributed by atoms with Gasteiger partial charge in [0.1, 0.15) is 0 Å². The van der Waals surface area contributed by atoms with E-state index in [-0.39, 0.29) is 4.57 Å². The van der Waals surface area contributed by atoms with Crippen molar-refractivity contribution in [3.8, 4) is 0 Å². The first-order valence-corrected chi connectivity index (χ1v) is 7.47. The van der Waals surface area contributed by atoms with Crippen molar-refractivity contribution in [2.75, 3.05) is 28.2 Å². The van der Waals surface area contributed by atoms with Gasteiger partial charge in [0.2, 0.25) is 0 Å². The molecule has 0 amide bonds. The molecule has 1 aromatic carbocycles. The van der Waals surface area contributed by atoms with E-state index in [0.29, 0.717) is 6.42 Å². The summed E-state index contributed by atoms with van der Waals surface area (Å²) in [5.74, 6) is 0. The van der Waals surface area contributed by atoms with Crippen LogP contribution in [0.15, 0.2) is 30.3 Å². The van der Waals surface area contributed by atoms with Gasteiger partial charge < -0.3 is 4.48 Å². The molecule has 7 nitrogen and oxygen atoms in total. The van der Waals surface area contributed by atoms with Gasteiger partial charge in [-0.1, -0.05) is 0 Å². The Morgan fingerprint density at radius 3 is 1.37 bits per heavy atom. The Labute approximate surface area is 170 Å². The first kappa shape index (κ1) is 40.1. The molecular weight excluding hydrogens is 390 g/mol. The van der Waals surface area contributed by atoms with Crippen molar-refractivity contribution in [3.63, 3.8) is 0 Å². The number of quaternary nitrogens is 1. The summed E-state index contributed by atoms with van der Waals surface area (Å²) >= 11 is 2.49. The zero-order valence-electron chi connectivity index (χ0n) is 15.8. The molecule has 0 N–H and O–H groups in total. The van der Waals surface area contributed by atoms with Gasteiger partial charge in [-0.25, -0.2) is 0 Å². The topological polar surface area (TPSA) is 123 Å². The summed E-state index contributed by atoms with van der Waals surface area (Å²) in [6.45, 7) is 22.5. The van der Waals surface area contributed by atoms with E-state index in [1.54, 1.807) is 0 Å². The van der Waals surface area contributed by atoms with Gasteiger partial charge in [0, 0.05) is 0 Å². The summed E-state index contributed by atoms with van der Waals surface area (Å²) in [5.41, 5.74) is 1.30. The van der Waals surface area contributed by atoms with Crippen LogP contribution in [0.4, 0.5) is 0 Å². The number of nitrogens with zero attached hydrogens (tertiary/aromatic N) is 1.